The zero-order chi connectivity index (χ0) is 14.5. The first-order chi connectivity index (χ1) is 9.67. The molecule has 0 N–H and O–H groups in total. The van der Waals surface area contributed by atoms with Gasteiger partial charge in [-0.2, -0.15) is 0 Å². The van der Waals surface area contributed by atoms with Crippen molar-refractivity contribution in [3.8, 4) is 11.5 Å². The third kappa shape index (κ3) is 3.54. The normalized spacial score (nSPS) is 22.4. The van der Waals surface area contributed by atoms with E-state index in [0.717, 1.165) is 29.5 Å². The molecular weight excluding hydrogens is 320 g/mol. The molecule has 0 bridgehead atoms. The van der Waals surface area contributed by atoms with Gasteiger partial charge in [0.2, 0.25) is 0 Å². The number of rotatable bonds is 5. The van der Waals surface area contributed by atoms with E-state index in [-0.39, 0.29) is 6.10 Å². The van der Waals surface area contributed by atoms with E-state index in [4.69, 9.17) is 9.47 Å². The third-order valence-corrected chi connectivity index (χ3v) is 4.57. The maximum Gasteiger partial charge on any atom is 0.175 e. The Kier molecular flexibility index (Phi) is 5.46. The molecule has 2 rings (SSSR count). The molecule has 1 saturated carbocycles. The number of carbonyl (C=O) groups excluding carboxylic acids is 1. The van der Waals surface area contributed by atoms with Crippen molar-refractivity contribution in [1.82, 2.24) is 0 Å². The van der Waals surface area contributed by atoms with Gasteiger partial charge in [0.1, 0.15) is 6.29 Å². The predicted molar refractivity (Wildman–Crippen MR) is 82.7 cm³/mol. The standard InChI is InChI=1S/C16H21BrO3/c1-3-11-5-4-6-13(7-11)20-16-14(17)8-12(10-18)9-15(16)19-2/h8-11,13H,3-7H2,1-2H3. The fourth-order valence-electron chi connectivity index (χ4n) is 2.81. The van der Waals surface area contributed by atoms with Gasteiger partial charge in [0, 0.05) is 5.56 Å². The number of aldehydes is 1. The van der Waals surface area contributed by atoms with Crippen molar-refractivity contribution >= 4 is 22.2 Å². The molecule has 0 heterocycles. The summed E-state index contributed by atoms with van der Waals surface area (Å²) >= 11 is 3.47. The Labute approximate surface area is 128 Å². The Morgan fingerprint density at radius 3 is 2.85 bits per heavy atom. The van der Waals surface area contributed by atoms with Crippen molar-refractivity contribution in [2.24, 2.45) is 5.92 Å². The van der Waals surface area contributed by atoms with Crippen LogP contribution in [0.15, 0.2) is 16.6 Å². The molecule has 3 nitrogen and oxygen atoms in total. The number of benzene rings is 1. The van der Waals surface area contributed by atoms with Crippen LogP contribution in [0.5, 0.6) is 11.5 Å². The van der Waals surface area contributed by atoms with Crippen LogP contribution in [0, 0.1) is 5.92 Å². The minimum Gasteiger partial charge on any atom is -0.493 e. The Balaban J connectivity index is 2.17. The molecule has 20 heavy (non-hydrogen) atoms. The van der Waals surface area contributed by atoms with Gasteiger partial charge in [-0.15, -0.1) is 0 Å². The first-order valence-electron chi connectivity index (χ1n) is 7.17. The second-order valence-corrected chi connectivity index (χ2v) is 6.19. The SMILES string of the molecule is CCC1CCCC(Oc2c(Br)cc(C=O)cc2OC)C1. The van der Waals surface area contributed by atoms with Crippen molar-refractivity contribution in [2.45, 2.75) is 45.1 Å². The van der Waals surface area contributed by atoms with E-state index in [1.807, 2.05) is 0 Å². The molecule has 2 unspecified atom stereocenters. The molecule has 1 aromatic carbocycles. The van der Waals surface area contributed by atoms with E-state index in [1.54, 1.807) is 19.2 Å². The quantitative estimate of drug-likeness (QED) is 0.733. The lowest BCUT2D eigenvalue weighted by molar-refractivity contribution is 0.112. The van der Waals surface area contributed by atoms with Crippen LogP contribution >= 0.6 is 15.9 Å². The maximum absolute atomic E-state index is 10.9. The summed E-state index contributed by atoms with van der Waals surface area (Å²) in [5.41, 5.74) is 0.580. The second-order valence-electron chi connectivity index (χ2n) is 5.33. The van der Waals surface area contributed by atoms with Gasteiger partial charge in [0.05, 0.1) is 17.7 Å². The molecule has 0 amide bonds. The largest absolute Gasteiger partial charge is 0.493 e. The summed E-state index contributed by atoms with van der Waals surface area (Å²) in [6.07, 6.45) is 6.96. The van der Waals surface area contributed by atoms with Gasteiger partial charge < -0.3 is 9.47 Å². The molecule has 2 atom stereocenters. The number of ether oxygens (including phenoxy) is 2. The van der Waals surface area contributed by atoms with Gasteiger partial charge in [-0.1, -0.05) is 19.8 Å². The summed E-state index contributed by atoms with van der Waals surface area (Å²) in [5.74, 6) is 2.08. The maximum atomic E-state index is 10.9. The highest BCUT2D eigenvalue weighted by molar-refractivity contribution is 9.10. The van der Waals surface area contributed by atoms with Crippen molar-refractivity contribution in [3.63, 3.8) is 0 Å². The summed E-state index contributed by atoms with van der Waals surface area (Å²) in [6.45, 7) is 2.24. The molecule has 0 saturated heterocycles. The Hall–Kier alpha value is -1.03. The van der Waals surface area contributed by atoms with Crippen LogP contribution in [0.3, 0.4) is 0 Å². The van der Waals surface area contributed by atoms with Gasteiger partial charge >= 0.3 is 0 Å². The molecule has 1 aliphatic rings. The highest BCUT2D eigenvalue weighted by Gasteiger charge is 2.24. The van der Waals surface area contributed by atoms with E-state index >= 15 is 0 Å². The molecule has 1 fully saturated rings. The van der Waals surface area contributed by atoms with Crippen LogP contribution in [0.2, 0.25) is 0 Å². The van der Waals surface area contributed by atoms with Crippen LogP contribution in [0.4, 0.5) is 0 Å². The Morgan fingerprint density at radius 2 is 2.20 bits per heavy atom. The molecule has 0 aromatic heterocycles. The molecule has 110 valence electrons. The van der Waals surface area contributed by atoms with Gasteiger partial charge in [-0.05, 0) is 53.2 Å². The fourth-order valence-corrected chi connectivity index (χ4v) is 3.36. The number of hydrogen-bond donors (Lipinski definition) is 0. The zero-order valence-electron chi connectivity index (χ0n) is 12.0. The van der Waals surface area contributed by atoms with E-state index in [2.05, 4.69) is 22.9 Å². The van der Waals surface area contributed by atoms with E-state index in [1.165, 1.54) is 19.3 Å². The smallest absolute Gasteiger partial charge is 0.175 e. The molecule has 4 heteroatoms. The van der Waals surface area contributed by atoms with Crippen molar-refractivity contribution < 1.29 is 14.3 Å². The highest BCUT2D eigenvalue weighted by Crippen LogP contribution is 2.39. The van der Waals surface area contributed by atoms with Gasteiger partial charge in [-0.25, -0.2) is 0 Å². The van der Waals surface area contributed by atoms with Crippen LogP contribution in [-0.2, 0) is 0 Å². The molecule has 1 aliphatic carbocycles. The zero-order valence-corrected chi connectivity index (χ0v) is 13.6. The van der Waals surface area contributed by atoms with Crippen molar-refractivity contribution in [2.75, 3.05) is 7.11 Å². The topological polar surface area (TPSA) is 35.5 Å². The van der Waals surface area contributed by atoms with E-state index < -0.39 is 0 Å². The summed E-state index contributed by atoms with van der Waals surface area (Å²) in [6, 6.07) is 3.48. The van der Waals surface area contributed by atoms with Gasteiger partial charge in [-0.3, -0.25) is 4.79 Å². The molecular formula is C16H21BrO3. The van der Waals surface area contributed by atoms with Crippen LogP contribution in [-0.4, -0.2) is 19.5 Å². The summed E-state index contributed by atoms with van der Waals surface area (Å²) < 4.78 is 12.3. The summed E-state index contributed by atoms with van der Waals surface area (Å²) in [4.78, 5) is 10.9. The second kappa shape index (κ2) is 7.11. The Bertz CT molecular complexity index is 473. The first kappa shape index (κ1) is 15.4. The monoisotopic (exact) mass is 340 g/mol. The van der Waals surface area contributed by atoms with Crippen molar-refractivity contribution in [3.05, 3.63) is 22.2 Å². The molecule has 1 aromatic rings. The lowest BCUT2D eigenvalue weighted by Gasteiger charge is -2.29. The lowest BCUT2D eigenvalue weighted by atomic mass is 9.85. The molecule has 0 spiro atoms. The first-order valence-corrected chi connectivity index (χ1v) is 7.96. The Morgan fingerprint density at radius 1 is 1.40 bits per heavy atom. The summed E-state index contributed by atoms with van der Waals surface area (Å²) in [5, 5.41) is 0. The average Bonchev–Trinajstić information content (AvgIpc) is 2.49. The summed E-state index contributed by atoms with van der Waals surface area (Å²) in [7, 11) is 1.60. The van der Waals surface area contributed by atoms with E-state index in [9.17, 15) is 4.79 Å². The number of halogens is 1. The molecule has 0 radical (unpaired) electrons. The third-order valence-electron chi connectivity index (χ3n) is 3.98. The van der Waals surface area contributed by atoms with Gasteiger partial charge in [0.25, 0.3) is 0 Å². The fraction of sp³-hybridized carbons (Fsp3) is 0.562. The number of carbonyl (C=O) groups is 1. The van der Waals surface area contributed by atoms with Crippen LogP contribution in [0.1, 0.15) is 49.4 Å². The average molecular weight is 341 g/mol. The van der Waals surface area contributed by atoms with Gasteiger partial charge in [0.15, 0.2) is 11.5 Å². The van der Waals surface area contributed by atoms with Crippen LogP contribution in [0.25, 0.3) is 0 Å². The predicted octanol–water partition coefficient (Wildman–Crippen LogP) is 4.62. The highest BCUT2D eigenvalue weighted by atomic mass is 79.9. The minimum atomic E-state index is 0.237. The number of methoxy groups -OCH3 is 1. The van der Waals surface area contributed by atoms with Crippen LogP contribution < -0.4 is 9.47 Å². The number of hydrogen-bond acceptors (Lipinski definition) is 3. The van der Waals surface area contributed by atoms with E-state index in [0.29, 0.717) is 17.1 Å². The minimum absolute atomic E-state index is 0.237. The van der Waals surface area contributed by atoms with Crippen molar-refractivity contribution in [1.29, 1.82) is 0 Å². The lowest BCUT2D eigenvalue weighted by Crippen LogP contribution is -2.25. The molecule has 0 aliphatic heterocycles.